The van der Waals surface area contributed by atoms with E-state index in [1.807, 2.05) is 49.0 Å². The van der Waals surface area contributed by atoms with Crippen LogP contribution >= 0.6 is 0 Å². The molecule has 3 aromatic carbocycles. The molecule has 1 aromatic heterocycles. The molecule has 2 heterocycles. The summed E-state index contributed by atoms with van der Waals surface area (Å²) in [6, 6.07) is 20.4. The summed E-state index contributed by atoms with van der Waals surface area (Å²) in [7, 11) is -0.337. The number of carbonyl (C=O) groups is 2. The van der Waals surface area contributed by atoms with Gasteiger partial charge in [-0.05, 0) is 48.9 Å². The monoisotopic (exact) mass is 618 g/mol. The van der Waals surface area contributed by atoms with E-state index in [-0.39, 0.29) is 60.1 Å². The molecule has 0 fully saturated rings. The Labute approximate surface area is 257 Å². The molecule has 5 rings (SSSR count). The number of rotatable bonds is 9. The smallest absolute Gasteiger partial charge is 0.258 e. The molecule has 232 valence electrons. The summed E-state index contributed by atoms with van der Waals surface area (Å²) in [6.45, 7) is 3.68. The minimum absolute atomic E-state index is 0.0386. The fourth-order valence-electron chi connectivity index (χ4n) is 5.59. The summed E-state index contributed by atoms with van der Waals surface area (Å²) in [4.78, 5) is 28.7. The van der Waals surface area contributed by atoms with Crippen molar-refractivity contribution in [1.82, 2.24) is 13.8 Å². The van der Waals surface area contributed by atoms with E-state index in [1.54, 1.807) is 60.4 Å². The standard InChI is InChI=1S/C33H38N4O6S/c1-22-18-37(23(2)21-38)33(40)28-17-25(34-32(39)16-24-19-35(3)29-13-9-8-12-27(24)29)14-15-30(28)43-31(22)20-36(4)44(41,42)26-10-6-5-7-11-26/h5-15,17,19,22-23,31,38H,16,18,20-21H2,1-4H3,(H,34,39)/t22-,23-,31-/m0/s1. The molecule has 10 nitrogen and oxygen atoms in total. The Bertz CT molecular complexity index is 1770. The molecule has 0 unspecified atom stereocenters. The molecule has 0 aliphatic carbocycles. The molecule has 2 N–H and O–H groups in total. The number of ether oxygens (including phenoxy) is 1. The molecule has 4 aromatic rings. The van der Waals surface area contributed by atoms with Crippen molar-refractivity contribution in [1.29, 1.82) is 0 Å². The Kier molecular flexibility index (Phi) is 9.10. The number of aromatic nitrogens is 1. The molecule has 1 aliphatic rings. The second-order valence-electron chi connectivity index (χ2n) is 11.4. The third-order valence-electron chi connectivity index (χ3n) is 8.17. The van der Waals surface area contributed by atoms with E-state index in [4.69, 9.17) is 4.74 Å². The number of para-hydroxylation sites is 1. The first-order valence-electron chi connectivity index (χ1n) is 14.6. The number of carbonyl (C=O) groups excluding carboxylic acids is 2. The van der Waals surface area contributed by atoms with E-state index in [0.29, 0.717) is 5.69 Å². The van der Waals surface area contributed by atoms with Crippen molar-refractivity contribution in [3.05, 3.63) is 90.1 Å². The van der Waals surface area contributed by atoms with Gasteiger partial charge in [0, 0.05) is 49.3 Å². The SMILES string of the molecule is C[C@H]1CN([C@@H](C)CO)C(=O)c2cc(NC(=O)Cc3cn(C)c4ccccc34)ccc2O[C@H]1CN(C)S(=O)(=O)c1ccccc1. The number of hydrogen-bond acceptors (Lipinski definition) is 6. The van der Waals surface area contributed by atoms with Gasteiger partial charge in [-0.1, -0.05) is 43.3 Å². The molecule has 44 heavy (non-hydrogen) atoms. The molecule has 2 amide bonds. The molecular weight excluding hydrogens is 580 g/mol. The van der Waals surface area contributed by atoms with E-state index in [2.05, 4.69) is 5.32 Å². The average Bonchev–Trinajstić information content (AvgIpc) is 3.33. The van der Waals surface area contributed by atoms with Gasteiger partial charge in [0.1, 0.15) is 11.9 Å². The maximum Gasteiger partial charge on any atom is 0.258 e. The zero-order chi connectivity index (χ0) is 31.6. The lowest BCUT2D eigenvalue weighted by molar-refractivity contribution is -0.115. The lowest BCUT2D eigenvalue weighted by Crippen LogP contribution is -2.50. The topological polar surface area (TPSA) is 121 Å². The Morgan fingerprint density at radius 2 is 1.82 bits per heavy atom. The van der Waals surface area contributed by atoms with Crippen molar-refractivity contribution in [2.24, 2.45) is 13.0 Å². The normalized spacial score (nSPS) is 18.0. The van der Waals surface area contributed by atoms with Gasteiger partial charge in [-0.25, -0.2) is 8.42 Å². The van der Waals surface area contributed by atoms with Gasteiger partial charge in [-0.15, -0.1) is 0 Å². The average molecular weight is 619 g/mol. The van der Waals surface area contributed by atoms with E-state index >= 15 is 0 Å². The minimum Gasteiger partial charge on any atom is -0.488 e. The van der Waals surface area contributed by atoms with Crippen molar-refractivity contribution in [2.45, 2.75) is 37.3 Å². The zero-order valence-electron chi connectivity index (χ0n) is 25.3. The number of anilines is 1. The highest BCUT2D eigenvalue weighted by Crippen LogP contribution is 2.31. The van der Waals surface area contributed by atoms with Gasteiger partial charge in [-0.2, -0.15) is 4.31 Å². The van der Waals surface area contributed by atoms with Crippen LogP contribution in [0.1, 0.15) is 29.8 Å². The van der Waals surface area contributed by atoms with E-state index in [1.165, 1.54) is 11.4 Å². The fourth-order valence-corrected chi connectivity index (χ4v) is 6.79. The van der Waals surface area contributed by atoms with Gasteiger partial charge in [0.25, 0.3) is 5.91 Å². The van der Waals surface area contributed by atoms with Crippen molar-refractivity contribution in [3.8, 4) is 5.75 Å². The van der Waals surface area contributed by atoms with Crippen LogP contribution in [0.4, 0.5) is 5.69 Å². The second-order valence-corrected chi connectivity index (χ2v) is 13.5. The summed E-state index contributed by atoms with van der Waals surface area (Å²) in [5.74, 6) is -0.573. The largest absolute Gasteiger partial charge is 0.488 e. The number of aryl methyl sites for hydroxylation is 1. The van der Waals surface area contributed by atoms with Crippen LogP contribution < -0.4 is 10.1 Å². The number of aliphatic hydroxyl groups excluding tert-OH is 1. The zero-order valence-corrected chi connectivity index (χ0v) is 26.1. The van der Waals surface area contributed by atoms with Gasteiger partial charge in [0.2, 0.25) is 15.9 Å². The number of sulfonamides is 1. The fraction of sp³-hybridized carbons (Fsp3) is 0.333. The number of nitrogens with zero attached hydrogens (tertiary/aromatic N) is 3. The van der Waals surface area contributed by atoms with Crippen LogP contribution in [0.3, 0.4) is 0 Å². The maximum absolute atomic E-state index is 13.8. The van der Waals surface area contributed by atoms with Crippen LogP contribution in [-0.2, 0) is 28.3 Å². The van der Waals surface area contributed by atoms with Gasteiger partial charge >= 0.3 is 0 Å². The van der Waals surface area contributed by atoms with Crippen molar-refractivity contribution in [2.75, 3.05) is 32.1 Å². The summed E-state index contributed by atoms with van der Waals surface area (Å²) in [5.41, 5.74) is 2.57. The van der Waals surface area contributed by atoms with Crippen LogP contribution in [0.25, 0.3) is 10.9 Å². The number of likely N-dealkylation sites (N-methyl/N-ethyl adjacent to an activating group) is 1. The number of nitrogens with one attached hydrogen (secondary N) is 1. The predicted molar refractivity (Wildman–Crippen MR) is 169 cm³/mol. The van der Waals surface area contributed by atoms with Crippen molar-refractivity contribution in [3.63, 3.8) is 0 Å². The van der Waals surface area contributed by atoms with E-state index < -0.39 is 22.2 Å². The number of amides is 2. The molecular formula is C33H38N4O6S. The first-order valence-corrected chi connectivity index (χ1v) is 16.0. The molecule has 0 saturated carbocycles. The van der Waals surface area contributed by atoms with Crippen LogP contribution in [-0.4, -0.2) is 78.0 Å². The number of fused-ring (bicyclic) bond motifs is 2. The summed E-state index contributed by atoms with van der Waals surface area (Å²) >= 11 is 0. The number of benzene rings is 3. The van der Waals surface area contributed by atoms with Crippen LogP contribution in [0.5, 0.6) is 5.75 Å². The highest BCUT2D eigenvalue weighted by atomic mass is 32.2. The Balaban J connectivity index is 1.41. The van der Waals surface area contributed by atoms with E-state index in [9.17, 15) is 23.1 Å². The molecule has 0 saturated heterocycles. The van der Waals surface area contributed by atoms with Crippen LogP contribution in [0, 0.1) is 5.92 Å². The molecule has 1 aliphatic heterocycles. The summed E-state index contributed by atoms with van der Waals surface area (Å²) in [5, 5.41) is 13.9. The van der Waals surface area contributed by atoms with Gasteiger partial charge in [0.05, 0.1) is 36.1 Å². The lowest BCUT2D eigenvalue weighted by Gasteiger charge is -2.38. The first kappa shape index (κ1) is 31.2. The molecule has 3 atom stereocenters. The van der Waals surface area contributed by atoms with Gasteiger partial charge in [-0.3, -0.25) is 9.59 Å². The highest BCUT2D eigenvalue weighted by Gasteiger charge is 2.35. The first-order chi connectivity index (χ1) is 21.0. The van der Waals surface area contributed by atoms with Gasteiger partial charge < -0.3 is 24.6 Å². The Morgan fingerprint density at radius 1 is 1.11 bits per heavy atom. The summed E-state index contributed by atoms with van der Waals surface area (Å²) in [6.07, 6.45) is 1.48. The van der Waals surface area contributed by atoms with Gasteiger partial charge in [0.15, 0.2) is 0 Å². The van der Waals surface area contributed by atoms with Crippen LogP contribution in [0.15, 0.2) is 83.9 Å². The maximum atomic E-state index is 13.8. The van der Waals surface area contributed by atoms with Crippen molar-refractivity contribution >= 4 is 38.4 Å². The predicted octanol–water partition coefficient (Wildman–Crippen LogP) is 3.90. The minimum atomic E-state index is -3.78. The second kappa shape index (κ2) is 12.8. The highest BCUT2D eigenvalue weighted by molar-refractivity contribution is 7.89. The molecule has 0 spiro atoms. The summed E-state index contributed by atoms with van der Waals surface area (Å²) < 4.78 is 36.1. The van der Waals surface area contributed by atoms with E-state index in [0.717, 1.165) is 16.5 Å². The number of aliphatic hydroxyl groups is 1. The molecule has 0 bridgehead atoms. The van der Waals surface area contributed by atoms with Crippen molar-refractivity contribution < 1.29 is 27.9 Å². The Hall–Kier alpha value is -4.19. The lowest BCUT2D eigenvalue weighted by atomic mass is 9.99. The number of hydrogen-bond donors (Lipinski definition) is 2. The molecule has 11 heteroatoms. The van der Waals surface area contributed by atoms with Crippen LogP contribution in [0.2, 0.25) is 0 Å². The molecule has 0 radical (unpaired) electrons. The quantitative estimate of drug-likeness (QED) is 0.294. The third-order valence-corrected chi connectivity index (χ3v) is 10.0. The third kappa shape index (κ3) is 6.35. The Morgan fingerprint density at radius 3 is 2.55 bits per heavy atom.